The number of benzene rings is 1. The van der Waals surface area contributed by atoms with Crippen molar-refractivity contribution in [3.05, 3.63) is 35.4 Å². The first-order valence-electron chi connectivity index (χ1n) is 8.61. The fraction of sp³-hybridized carbons (Fsp3) is 0.556. The van der Waals surface area contributed by atoms with Gasteiger partial charge in [0.2, 0.25) is 11.8 Å². The minimum absolute atomic E-state index is 0.0328. The lowest BCUT2D eigenvalue weighted by atomic mass is 10.1. The van der Waals surface area contributed by atoms with Gasteiger partial charge in [-0.1, -0.05) is 24.3 Å². The molecular formula is C18H23N3O2. The third kappa shape index (κ3) is 3.55. The monoisotopic (exact) mass is 313 g/mol. The molecule has 3 aliphatic rings. The molecule has 2 saturated carbocycles. The van der Waals surface area contributed by atoms with Gasteiger partial charge in [0.05, 0.1) is 18.6 Å². The number of carbonyl (C=O) groups is 2. The first-order chi connectivity index (χ1) is 11.2. The lowest BCUT2D eigenvalue weighted by Crippen LogP contribution is -2.61. The molecule has 122 valence electrons. The van der Waals surface area contributed by atoms with E-state index in [2.05, 4.69) is 40.2 Å². The Morgan fingerprint density at radius 1 is 1.13 bits per heavy atom. The van der Waals surface area contributed by atoms with Crippen LogP contribution >= 0.6 is 0 Å². The van der Waals surface area contributed by atoms with E-state index in [0.717, 1.165) is 24.3 Å². The lowest BCUT2D eigenvalue weighted by molar-refractivity contribution is -0.132. The number of carbonyl (C=O) groups excluding carboxylic acids is 2. The molecule has 4 rings (SSSR count). The number of hydrogen-bond donors (Lipinski definition) is 3. The Hall–Kier alpha value is -1.88. The van der Waals surface area contributed by atoms with Crippen LogP contribution in [0.2, 0.25) is 0 Å². The fourth-order valence-electron chi connectivity index (χ4n) is 3.22. The average Bonchev–Trinajstić information content (AvgIpc) is 3.44. The highest BCUT2D eigenvalue weighted by molar-refractivity contribution is 5.89. The summed E-state index contributed by atoms with van der Waals surface area (Å²) in [5, 5.41) is 9.15. The van der Waals surface area contributed by atoms with Crippen LogP contribution in [0.4, 0.5) is 0 Å². The van der Waals surface area contributed by atoms with Gasteiger partial charge in [-0.3, -0.25) is 14.9 Å². The third-order valence-electron chi connectivity index (χ3n) is 4.99. The van der Waals surface area contributed by atoms with Gasteiger partial charge in [0, 0.05) is 6.54 Å². The maximum Gasteiger partial charge on any atom is 0.238 e. The molecule has 1 aliphatic heterocycles. The molecule has 1 aromatic carbocycles. The lowest BCUT2D eigenvalue weighted by Gasteiger charge is -2.31. The number of hydrogen-bond acceptors (Lipinski definition) is 3. The maximum atomic E-state index is 12.3. The van der Waals surface area contributed by atoms with E-state index in [1.165, 1.54) is 18.4 Å². The van der Waals surface area contributed by atoms with E-state index in [1.807, 2.05) is 0 Å². The molecule has 0 radical (unpaired) electrons. The van der Waals surface area contributed by atoms with Crippen LogP contribution in [0.5, 0.6) is 0 Å². The molecule has 2 unspecified atom stereocenters. The van der Waals surface area contributed by atoms with Crippen molar-refractivity contribution in [3.63, 3.8) is 0 Å². The van der Waals surface area contributed by atoms with Crippen LogP contribution < -0.4 is 16.0 Å². The van der Waals surface area contributed by atoms with Crippen molar-refractivity contribution in [2.75, 3.05) is 0 Å². The Balaban J connectivity index is 1.30. The smallest absolute Gasteiger partial charge is 0.238 e. The Morgan fingerprint density at radius 3 is 2.52 bits per heavy atom. The minimum Gasteiger partial charge on any atom is -0.351 e. The van der Waals surface area contributed by atoms with Crippen molar-refractivity contribution in [1.29, 1.82) is 0 Å². The van der Waals surface area contributed by atoms with Crippen LogP contribution in [-0.4, -0.2) is 24.0 Å². The fourth-order valence-corrected chi connectivity index (χ4v) is 3.22. The highest BCUT2D eigenvalue weighted by atomic mass is 16.2. The number of nitrogens with one attached hydrogen (secondary N) is 3. The Bertz CT molecular complexity index is 605. The van der Waals surface area contributed by atoms with Crippen molar-refractivity contribution in [2.45, 2.75) is 56.8 Å². The van der Waals surface area contributed by atoms with Gasteiger partial charge in [-0.15, -0.1) is 0 Å². The van der Waals surface area contributed by atoms with Crippen LogP contribution in [0.15, 0.2) is 24.3 Å². The molecule has 0 bridgehead atoms. The van der Waals surface area contributed by atoms with Crippen LogP contribution in [0.1, 0.15) is 49.1 Å². The molecule has 3 N–H and O–H groups in total. The second-order valence-corrected chi connectivity index (χ2v) is 7.04. The SMILES string of the molecule is O=C1CC(C(=O)NCc2ccc(C3CC3)cc2)NC(C2CC2)N1. The summed E-state index contributed by atoms with van der Waals surface area (Å²) in [6, 6.07) is 8.08. The summed E-state index contributed by atoms with van der Waals surface area (Å²) >= 11 is 0. The first kappa shape index (κ1) is 14.7. The van der Waals surface area contributed by atoms with Gasteiger partial charge in [-0.05, 0) is 48.6 Å². The van der Waals surface area contributed by atoms with E-state index < -0.39 is 6.04 Å². The Kier molecular flexibility index (Phi) is 3.81. The van der Waals surface area contributed by atoms with Gasteiger partial charge >= 0.3 is 0 Å². The molecule has 3 fully saturated rings. The Morgan fingerprint density at radius 2 is 1.87 bits per heavy atom. The highest BCUT2D eigenvalue weighted by Crippen LogP contribution is 2.39. The molecular weight excluding hydrogens is 290 g/mol. The summed E-state index contributed by atoms with van der Waals surface area (Å²) in [5.41, 5.74) is 2.50. The molecule has 2 aliphatic carbocycles. The summed E-state index contributed by atoms with van der Waals surface area (Å²) in [5.74, 6) is 1.12. The van der Waals surface area contributed by atoms with Crippen LogP contribution in [0, 0.1) is 5.92 Å². The van der Waals surface area contributed by atoms with Crippen molar-refractivity contribution in [2.24, 2.45) is 5.92 Å². The molecule has 0 spiro atoms. The highest BCUT2D eigenvalue weighted by Gasteiger charge is 2.38. The van der Waals surface area contributed by atoms with Gasteiger partial charge in [0.1, 0.15) is 0 Å². The average molecular weight is 313 g/mol. The Labute approximate surface area is 136 Å². The van der Waals surface area contributed by atoms with Crippen LogP contribution in [0.3, 0.4) is 0 Å². The summed E-state index contributed by atoms with van der Waals surface area (Å²) in [4.78, 5) is 24.1. The molecule has 0 aromatic heterocycles. The molecule has 1 aromatic rings. The van der Waals surface area contributed by atoms with E-state index in [-0.39, 0.29) is 24.4 Å². The maximum absolute atomic E-state index is 12.3. The standard InChI is InChI=1S/C18H23N3O2/c22-16-9-15(20-17(21-16)14-7-8-14)18(23)19-10-11-1-3-12(4-2-11)13-5-6-13/h1-4,13-15,17,20H,5-10H2,(H,19,23)(H,21,22). The van der Waals surface area contributed by atoms with Gasteiger partial charge in [0.25, 0.3) is 0 Å². The number of rotatable bonds is 5. The third-order valence-corrected chi connectivity index (χ3v) is 4.99. The quantitative estimate of drug-likeness (QED) is 0.769. The summed E-state index contributed by atoms with van der Waals surface area (Å²) in [6.45, 7) is 0.512. The topological polar surface area (TPSA) is 70.2 Å². The van der Waals surface area contributed by atoms with Crippen molar-refractivity contribution in [3.8, 4) is 0 Å². The zero-order valence-corrected chi connectivity index (χ0v) is 13.2. The van der Waals surface area contributed by atoms with Gasteiger partial charge in [0.15, 0.2) is 0 Å². The summed E-state index contributed by atoms with van der Waals surface area (Å²) in [7, 11) is 0. The van der Waals surface area contributed by atoms with E-state index in [9.17, 15) is 9.59 Å². The second kappa shape index (κ2) is 5.96. The molecule has 2 amide bonds. The van der Waals surface area contributed by atoms with E-state index in [0.29, 0.717) is 12.5 Å². The van der Waals surface area contributed by atoms with Crippen molar-refractivity contribution in [1.82, 2.24) is 16.0 Å². The summed E-state index contributed by atoms with van der Waals surface area (Å²) in [6.07, 6.45) is 5.03. The molecule has 5 heteroatoms. The van der Waals surface area contributed by atoms with Gasteiger partial charge in [-0.2, -0.15) is 0 Å². The molecule has 1 heterocycles. The van der Waals surface area contributed by atoms with E-state index in [1.54, 1.807) is 0 Å². The van der Waals surface area contributed by atoms with Crippen LogP contribution in [-0.2, 0) is 16.1 Å². The van der Waals surface area contributed by atoms with E-state index >= 15 is 0 Å². The zero-order chi connectivity index (χ0) is 15.8. The van der Waals surface area contributed by atoms with Crippen molar-refractivity contribution >= 4 is 11.8 Å². The minimum atomic E-state index is -0.417. The largest absolute Gasteiger partial charge is 0.351 e. The second-order valence-electron chi connectivity index (χ2n) is 7.04. The molecule has 2 atom stereocenters. The normalized spacial score (nSPS) is 27.4. The molecule has 23 heavy (non-hydrogen) atoms. The predicted octanol–water partition coefficient (Wildman–Crippen LogP) is 1.39. The summed E-state index contributed by atoms with van der Waals surface area (Å²) < 4.78 is 0. The first-order valence-corrected chi connectivity index (χ1v) is 8.61. The predicted molar refractivity (Wildman–Crippen MR) is 86.5 cm³/mol. The van der Waals surface area contributed by atoms with Crippen LogP contribution in [0.25, 0.3) is 0 Å². The molecule has 1 saturated heterocycles. The zero-order valence-electron chi connectivity index (χ0n) is 13.2. The van der Waals surface area contributed by atoms with Crippen molar-refractivity contribution < 1.29 is 9.59 Å². The van der Waals surface area contributed by atoms with E-state index in [4.69, 9.17) is 0 Å². The van der Waals surface area contributed by atoms with Gasteiger partial charge in [-0.25, -0.2) is 0 Å². The van der Waals surface area contributed by atoms with Gasteiger partial charge < -0.3 is 10.6 Å². The number of amides is 2. The molecule has 5 nitrogen and oxygen atoms in total.